The molecule has 3 heteroatoms. The molecule has 0 radical (unpaired) electrons. The third-order valence-corrected chi connectivity index (χ3v) is 3.21. The summed E-state index contributed by atoms with van der Waals surface area (Å²) in [6.07, 6.45) is 3.38. The van der Waals surface area contributed by atoms with Crippen molar-refractivity contribution < 1.29 is 9.53 Å². The van der Waals surface area contributed by atoms with Gasteiger partial charge in [0.1, 0.15) is 10.6 Å². The second kappa shape index (κ2) is 5.46. The minimum Gasteiger partial charge on any atom is -0.495 e. The zero-order chi connectivity index (χ0) is 12.1. The molecule has 1 aromatic heterocycles. The normalized spacial score (nSPS) is 10.6. The first-order valence-corrected chi connectivity index (χ1v) is 6.08. The van der Waals surface area contributed by atoms with E-state index >= 15 is 0 Å². The van der Waals surface area contributed by atoms with E-state index in [1.807, 2.05) is 41.8 Å². The van der Waals surface area contributed by atoms with Gasteiger partial charge in [0, 0.05) is 0 Å². The quantitative estimate of drug-likeness (QED) is 0.606. The lowest BCUT2D eigenvalue weighted by Gasteiger charge is -1.97. The Kier molecular flexibility index (Phi) is 3.73. The van der Waals surface area contributed by atoms with Crippen molar-refractivity contribution in [2.45, 2.75) is 0 Å². The summed E-state index contributed by atoms with van der Waals surface area (Å²) in [7, 11) is 1.57. The van der Waals surface area contributed by atoms with Crippen molar-refractivity contribution in [1.29, 1.82) is 0 Å². The third-order valence-electron chi connectivity index (χ3n) is 2.30. The van der Waals surface area contributed by atoms with E-state index in [0.29, 0.717) is 10.6 Å². The van der Waals surface area contributed by atoms with Gasteiger partial charge in [0.25, 0.3) is 0 Å². The first-order chi connectivity index (χ1) is 8.31. The number of thiophene rings is 1. The summed E-state index contributed by atoms with van der Waals surface area (Å²) < 4.78 is 5.11. The van der Waals surface area contributed by atoms with Crippen molar-refractivity contribution in [1.82, 2.24) is 0 Å². The summed E-state index contributed by atoms with van der Waals surface area (Å²) in [5.41, 5.74) is 1.01. The van der Waals surface area contributed by atoms with Crippen LogP contribution in [0.1, 0.15) is 15.2 Å². The van der Waals surface area contributed by atoms with Gasteiger partial charge in [0.2, 0.25) is 0 Å². The lowest BCUT2D eigenvalue weighted by Crippen LogP contribution is -1.93. The number of carbonyl (C=O) groups is 1. The van der Waals surface area contributed by atoms with Crippen LogP contribution in [-0.4, -0.2) is 12.9 Å². The predicted octanol–water partition coefficient (Wildman–Crippen LogP) is 3.65. The summed E-state index contributed by atoms with van der Waals surface area (Å²) in [6.45, 7) is 0. The van der Waals surface area contributed by atoms with E-state index in [9.17, 15) is 4.79 Å². The summed E-state index contributed by atoms with van der Waals surface area (Å²) >= 11 is 1.39. The van der Waals surface area contributed by atoms with E-state index in [-0.39, 0.29) is 5.78 Å². The Labute approximate surface area is 104 Å². The zero-order valence-electron chi connectivity index (χ0n) is 9.42. The van der Waals surface area contributed by atoms with E-state index in [1.54, 1.807) is 19.3 Å². The van der Waals surface area contributed by atoms with Gasteiger partial charge in [-0.2, -0.15) is 0 Å². The topological polar surface area (TPSA) is 26.3 Å². The van der Waals surface area contributed by atoms with Crippen molar-refractivity contribution in [2.75, 3.05) is 7.11 Å². The molecule has 0 aliphatic carbocycles. The highest BCUT2D eigenvalue weighted by Crippen LogP contribution is 2.25. The first kappa shape index (κ1) is 11.6. The molecule has 0 spiro atoms. The number of benzene rings is 1. The molecule has 2 nitrogen and oxygen atoms in total. The highest BCUT2D eigenvalue weighted by molar-refractivity contribution is 7.12. The van der Waals surface area contributed by atoms with Gasteiger partial charge >= 0.3 is 0 Å². The van der Waals surface area contributed by atoms with Crippen LogP contribution < -0.4 is 4.74 Å². The predicted molar refractivity (Wildman–Crippen MR) is 70.7 cm³/mol. The second-order valence-electron chi connectivity index (χ2n) is 3.43. The molecule has 0 aliphatic heterocycles. The molecule has 1 aromatic carbocycles. The van der Waals surface area contributed by atoms with Gasteiger partial charge in [-0.15, -0.1) is 11.3 Å². The van der Waals surface area contributed by atoms with E-state index in [4.69, 9.17) is 4.74 Å². The van der Waals surface area contributed by atoms with Gasteiger partial charge in [-0.05, 0) is 23.1 Å². The number of methoxy groups -OCH3 is 1. The maximum absolute atomic E-state index is 11.9. The van der Waals surface area contributed by atoms with Crippen LogP contribution in [0.15, 0.2) is 47.9 Å². The maximum Gasteiger partial charge on any atom is 0.199 e. The third kappa shape index (κ3) is 2.82. The average Bonchev–Trinajstić information content (AvgIpc) is 2.85. The number of rotatable bonds is 4. The van der Waals surface area contributed by atoms with Crippen LogP contribution >= 0.6 is 11.3 Å². The molecule has 86 valence electrons. The van der Waals surface area contributed by atoms with Crippen LogP contribution in [0.3, 0.4) is 0 Å². The molecule has 2 aromatic rings. The van der Waals surface area contributed by atoms with Crippen molar-refractivity contribution >= 4 is 23.2 Å². The Balaban J connectivity index is 2.15. The molecule has 0 amide bonds. The molecule has 1 heterocycles. The Morgan fingerprint density at radius 2 is 2.00 bits per heavy atom. The summed E-state index contributed by atoms with van der Waals surface area (Å²) in [5, 5.41) is 1.85. The van der Waals surface area contributed by atoms with Crippen LogP contribution in [0.25, 0.3) is 6.08 Å². The molecule has 0 unspecified atom stereocenters. The lowest BCUT2D eigenvalue weighted by atomic mass is 10.2. The molecule has 0 bridgehead atoms. The fourth-order valence-electron chi connectivity index (χ4n) is 1.45. The molecule has 0 N–H and O–H groups in total. The largest absolute Gasteiger partial charge is 0.495 e. The summed E-state index contributed by atoms with van der Waals surface area (Å²) in [5.74, 6) is 0.610. The fraction of sp³-hybridized carbons (Fsp3) is 0.0714. The van der Waals surface area contributed by atoms with Crippen molar-refractivity contribution in [3.8, 4) is 5.75 Å². The van der Waals surface area contributed by atoms with E-state index in [1.165, 1.54) is 11.3 Å². The molecule has 0 aliphatic rings. The van der Waals surface area contributed by atoms with Gasteiger partial charge < -0.3 is 4.74 Å². The number of ketones is 1. The van der Waals surface area contributed by atoms with Gasteiger partial charge in [0.05, 0.1) is 7.11 Å². The molecule has 2 rings (SSSR count). The van der Waals surface area contributed by atoms with Crippen LogP contribution in [0.2, 0.25) is 0 Å². The number of hydrogen-bond donors (Lipinski definition) is 0. The van der Waals surface area contributed by atoms with Crippen LogP contribution in [0, 0.1) is 0 Å². The first-order valence-electron chi connectivity index (χ1n) is 5.20. The van der Waals surface area contributed by atoms with E-state index in [2.05, 4.69) is 0 Å². The summed E-state index contributed by atoms with van der Waals surface area (Å²) in [4.78, 5) is 12.5. The second-order valence-corrected chi connectivity index (χ2v) is 4.34. The van der Waals surface area contributed by atoms with Gasteiger partial charge in [-0.1, -0.05) is 36.4 Å². The molecular formula is C14H12O2S. The fourth-order valence-corrected chi connectivity index (χ4v) is 2.23. The SMILES string of the molecule is COc1ccsc1C(=O)/C=C/c1ccccc1. The standard InChI is InChI=1S/C14H12O2S/c1-16-13-9-10-17-14(13)12(15)8-7-11-5-3-2-4-6-11/h2-10H,1H3/b8-7+. The van der Waals surface area contributed by atoms with Gasteiger partial charge in [0.15, 0.2) is 5.78 Å². The molecule has 0 saturated carbocycles. The maximum atomic E-state index is 11.9. The monoisotopic (exact) mass is 244 g/mol. The van der Waals surface area contributed by atoms with Crippen molar-refractivity contribution in [3.63, 3.8) is 0 Å². The highest BCUT2D eigenvalue weighted by atomic mass is 32.1. The molecule has 17 heavy (non-hydrogen) atoms. The van der Waals surface area contributed by atoms with Crippen molar-refractivity contribution in [3.05, 3.63) is 58.3 Å². The minimum atomic E-state index is -0.0271. The number of carbonyl (C=O) groups excluding carboxylic acids is 1. The zero-order valence-corrected chi connectivity index (χ0v) is 10.2. The Morgan fingerprint density at radius 3 is 2.71 bits per heavy atom. The summed E-state index contributed by atoms with van der Waals surface area (Å²) in [6, 6.07) is 11.5. The number of hydrogen-bond acceptors (Lipinski definition) is 3. The Hall–Kier alpha value is -1.87. The van der Waals surface area contributed by atoms with E-state index < -0.39 is 0 Å². The van der Waals surface area contributed by atoms with Crippen LogP contribution in [0.5, 0.6) is 5.75 Å². The van der Waals surface area contributed by atoms with Gasteiger partial charge in [-0.3, -0.25) is 4.79 Å². The number of allylic oxidation sites excluding steroid dienone is 1. The number of ether oxygens (including phenoxy) is 1. The van der Waals surface area contributed by atoms with Gasteiger partial charge in [-0.25, -0.2) is 0 Å². The molecule has 0 saturated heterocycles. The average molecular weight is 244 g/mol. The highest BCUT2D eigenvalue weighted by Gasteiger charge is 2.10. The Bertz CT molecular complexity index is 526. The molecule has 0 fully saturated rings. The minimum absolute atomic E-state index is 0.0271. The molecular weight excluding hydrogens is 232 g/mol. The van der Waals surface area contributed by atoms with Crippen molar-refractivity contribution in [2.24, 2.45) is 0 Å². The molecule has 0 atom stereocenters. The van der Waals surface area contributed by atoms with Crippen LogP contribution in [0.4, 0.5) is 0 Å². The Morgan fingerprint density at radius 1 is 1.24 bits per heavy atom. The van der Waals surface area contributed by atoms with E-state index in [0.717, 1.165) is 5.56 Å². The smallest absolute Gasteiger partial charge is 0.199 e. The lowest BCUT2D eigenvalue weighted by molar-refractivity contribution is 0.104. The van der Waals surface area contributed by atoms with Crippen LogP contribution in [-0.2, 0) is 0 Å².